The van der Waals surface area contributed by atoms with Crippen molar-refractivity contribution in [2.24, 2.45) is 0 Å². The van der Waals surface area contributed by atoms with Crippen LogP contribution in [0.2, 0.25) is 0 Å². The molecule has 0 fully saturated rings. The average molecular weight is 453 g/mol. The highest BCUT2D eigenvalue weighted by Gasteiger charge is 2.31. The third-order valence-corrected chi connectivity index (χ3v) is 4.04. The van der Waals surface area contributed by atoms with Crippen molar-refractivity contribution in [2.45, 2.75) is 65.0 Å². The Morgan fingerprint density at radius 1 is 1.23 bits per heavy atom. The van der Waals surface area contributed by atoms with E-state index in [-0.39, 0.29) is 18.1 Å². The molecule has 0 saturated carbocycles. The van der Waals surface area contributed by atoms with Gasteiger partial charge in [0.2, 0.25) is 5.91 Å². The Kier molecular flexibility index (Phi) is 9.74. The Balaban J connectivity index is 3.08. The fraction of sp³-hybridized carbons (Fsp3) is 0.600. The summed E-state index contributed by atoms with van der Waals surface area (Å²) < 4.78 is 46.8. The van der Waals surface area contributed by atoms with E-state index in [1.165, 1.54) is 17.0 Å². The molecular weight excluding hydrogens is 425 g/mol. The summed E-state index contributed by atoms with van der Waals surface area (Å²) in [6.45, 7) is 7.17. The second kappa shape index (κ2) is 11.3. The standard InChI is InChI=1S/C20H28ClF3N2O4/c1-5-6-8-14(25-18(28)30-19(2,3)4)13-26(17(27)12-21)15-9-7-10-16(11-15)29-20(22,23)24/h7,9-11,14H,5-6,8,12-13H2,1-4H3,(H,25,28)/t14-/m0/s1. The van der Waals surface area contributed by atoms with E-state index in [1.54, 1.807) is 20.8 Å². The maximum Gasteiger partial charge on any atom is 0.573 e. The number of benzene rings is 1. The third-order valence-electron chi connectivity index (χ3n) is 3.81. The van der Waals surface area contributed by atoms with Crippen molar-refractivity contribution in [3.63, 3.8) is 0 Å². The van der Waals surface area contributed by atoms with Crippen LogP contribution in [0.25, 0.3) is 0 Å². The maximum atomic E-state index is 12.5. The molecule has 30 heavy (non-hydrogen) atoms. The van der Waals surface area contributed by atoms with Crippen LogP contribution < -0.4 is 15.0 Å². The van der Waals surface area contributed by atoms with E-state index in [9.17, 15) is 22.8 Å². The summed E-state index contributed by atoms with van der Waals surface area (Å²) in [5.74, 6) is -1.36. The van der Waals surface area contributed by atoms with Crippen LogP contribution in [0.3, 0.4) is 0 Å². The third kappa shape index (κ3) is 10.0. The number of hydrogen-bond donors (Lipinski definition) is 1. The van der Waals surface area contributed by atoms with Crippen molar-refractivity contribution in [3.8, 4) is 5.75 Å². The molecule has 1 rings (SSSR count). The van der Waals surface area contributed by atoms with Gasteiger partial charge in [0.15, 0.2) is 0 Å². The molecule has 0 radical (unpaired) electrons. The van der Waals surface area contributed by atoms with Gasteiger partial charge in [-0.1, -0.05) is 25.8 Å². The summed E-state index contributed by atoms with van der Waals surface area (Å²) in [6.07, 6.45) is -3.34. The second-order valence-electron chi connectivity index (χ2n) is 7.67. The Hall–Kier alpha value is -2.16. The molecule has 0 spiro atoms. The largest absolute Gasteiger partial charge is 0.573 e. The molecule has 1 aromatic carbocycles. The fourth-order valence-electron chi connectivity index (χ4n) is 2.63. The number of nitrogens with one attached hydrogen (secondary N) is 1. The quantitative estimate of drug-likeness (QED) is 0.520. The van der Waals surface area contributed by atoms with E-state index in [2.05, 4.69) is 10.1 Å². The van der Waals surface area contributed by atoms with E-state index in [1.807, 2.05) is 6.92 Å². The molecule has 1 aromatic rings. The number of nitrogens with zero attached hydrogens (tertiary/aromatic N) is 1. The van der Waals surface area contributed by atoms with Crippen molar-refractivity contribution in [1.82, 2.24) is 5.32 Å². The van der Waals surface area contributed by atoms with Crippen LogP contribution in [-0.4, -0.2) is 42.4 Å². The molecule has 170 valence electrons. The van der Waals surface area contributed by atoms with Gasteiger partial charge in [0.25, 0.3) is 0 Å². The molecule has 0 aromatic heterocycles. The van der Waals surface area contributed by atoms with Gasteiger partial charge >= 0.3 is 12.5 Å². The van der Waals surface area contributed by atoms with Gasteiger partial charge in [-0.05, 0) is 39.3 Å². The lowest BCUT2D eigenvalue weighted by atomic mass is 10.1. The van der Waals surface area contributed by atoms with E-state index < -0.39 is 35.8 Å². The van der Waals surface area contributed by atoms with Gasteiger partial charge in [-0.2, -0.15) is 0 Å². The summed E-state index contributed by atoms with van der Waals surface area (Å²) in [6, 6.07) is 4.56. The predicted molar refractivity (Wildman–Crippen MR) is 109 cm³/mol. The summed E-state index contributed by atoms with van der Waals surface area (Å²) in [7, 11) is 0. The first-order chi connectivity index (χ1) is 13.8. The van der Waals surface area contributed by atoms with Crippen molar-refractivity contribution < 1.29 is 32.2 Å². The summed E-state index contributed by atoms with van der Waals surface area (Å²) in [5, 5.41) is 2.73. The first-order valence-electron chi connectivity index (χ1n) is 9.56. The lowest BCUT2D eigenvalue weighted by Gasteiger charge is -2.29. The number of ether oxygens (including phenoxy) is 2. The summed E-state index contributed by atoms with van der Waals surface area (Å²) in [4.78, 5) is 25.8. The number of rotatable bonds is 9. The van der Waals surface area contributed by atoms with Gasteiger partial charge in [0.1, 0.15) is 17.2 Å². The van der Waals surface area contributed by atoms with Gasteiger partial charge in [-0.3, -0.25) is 4.79 Å². The van der Waals surface area contributed by atoms with E-state index >= 15 is 0 Å². The summed E-state index contributed by atoms with van der Waals surface area (Å²) in [5.41, 5.74) is -0.524. The topological polar surface area (TPSA) is 67.9 Å². The molecule has 10 heteroatoms. The normalized spacial score (nSPS) is 12.8. The minimum atomic E-state index is -4.86. The molecule has 1 atom stereocenters. The molecule has 1 N–H and O–H groups in total. The van der Waals surface area contributed by atoms with Crippen LogP contribution in [0.4, 0.5) is 23.7 Å². The monoisotopic (exact) mass is 452 g/mol. The smallest absolute Gasteiger partial charge is 0.444 e. The van der Waals surface area contributed by atoms with Crippen molar-refractivity contribution >= 4 is 29.3 Å². The summed E-state index contributed by atoms with van der Waals surface area (Å²) >= 11 is 5.71. The van der Waals surface area contributed by atoms with Crippen molar-refractivity contribution in [3.05, 3.63) is 24.3 Å². The Morgan fingerprint density at radius 2 is 1.90 bits per heavy atom. The van der Waals surface area contributed by atoms with E-state index in [0.29, 0.717) is 6.42 Å². The minimum absolute atomic E-state index is 0.0142. The van der Waals surface area contributed by atoms with Gasteiger partial charge < -0.3 is 19.7 Å². The molecule has 0 aliphatic heterocycles. The van der Waals surface area contributed by atoms with Crippen molar-refractivity contribution in [2.75, 3.05) is 17.3 Å². The number of anilines is 1. The molecule has 0 heterocycles. The average Bonchev–Trinajstić information content (AvgIpc) is 2.60. The van der Waals surface area contributed by atoms with Gasteiger partial charge in [-0.15, -0.1) is 24.8 Å². The highest BCUT2D eigenvalue weighted by molar-refractivity contribution is 6.29. The Labute approximate surface area is 179 Å². The van der Waals surface area contributed by atoms with Gasteiger partial charge in [0, 0.05) is 18.3 Å². The number of alkyl carbamates (subject to hydrolysis) is 1. The van der Waals surface area contributed by atoms with Crippen molar-refractivity contribution in [1.29, 1.82) is 0 Å². The number of alkyl halides is 4. The van der Waals surface area contributed by atoms with Crippen LogP contribution in [0, 0.1) is 0 Å². The van der Waals surface area contributed by atoms with E-state index in [0.717, 1.165) is 25.0 Å². The Morgan fingerprint density at radius 3 is 2.43 bits per heavy atom. The molecule has 0 aliphatic carbocycles. The zero-order valence-electron chi connectivity index (χ0n) is 17.5. The second-order valence-corrected chi connectivity index (χ2v) is 7.94. The number of carbonyl (C=O) groups excluding carboxylic acids is 2. The molecule has 0 aliphatic rings. The highest BCUT2D eigenvalue weighted by atomic mass is 35.5. The van der Waals surface area contributed by atoms with Crippen LogP contribution in [0.5, 0.6) is 5.75 Å². The van der Waals surface area contributed by atoms with Crippen LogP contribution >= 0.6 is 11.6 Å². The number of halogens is 4. The lowest BCUT2D eigenvalue weighted by Crippen LogP contribution is -2.47. The maximum absolute atomic E-state index is 12.5. The molecular formula is C20H28ClF3N2O4. The number of carbonyl (C=O) groups is 2. The zero-order valence-corrected chi connectivity index (χ0v) is 18.3. The molecule has 0 bridgehead atoms. The lowest BCUT2D eigenvalue weighted by molar-refractivity contribution is -0.274. The van der Waals surface area contributed by atoms with E-state index in [4.69, 9.17) is 16.3 Å². The van der Waals surface area contributed by atoms with Crippen LogP contribution in [-0.2, 0) is 9.53 Å². The first-order valence-corrected chi connectivity index (χ1v) is 10.1. The van der Waals surface area contributed by atoms with Gasteiger partial charge in [-0.25, -0.2) is 4.79 Å². The zero-order chi connectivity index (χ0) is 22.9. The number of amides is 2. The highest BCUT2D eigenvalue weighted by Crippen LogP contribution is 2.27. The SMILES string of the molecule is CCCC[C@@H](CN(C(=O)CCl)c1cccc(OC(F)(F)F)c1)NC(=O)OC(C)(C)C. The minimum Gasteiger partial charge on any atom is -0.444 e. The van der Waals surface area contributed by atoms with Crippen LogP contribution in [0.1, 0.15) is 47.0 Å². The molecule has 6 nitrogen and oxygen atoms in total. The Bertz CT molecular complexity index is 708. The predicted octanol–water partition coefficient (Wildman–Crippen LogP) is 5.24. The molecule has 2 amide bonds. The van der Waals surface area contributed by atoms with Crippen LogP contribution in [0.15, 0.2) is 24.3 Å². The van der Waals surface area contributed by atoms with Gasteiger partial charge in [0.05, 0.1) is 6.04 Å². The molecule has 0 unspecified atom stereocenters. The number of unbranched alkanes of at least 4 members (excludes halogenated alkanes) is 1. The number of hydrogen-bond acceptors (Lipinski definition) is 4. The first kappa shape index (κ1) is 25.9. The molecule has 0 saturated heterocycles. The fourth-order valence-corrected chi connectivity index (χ4v) is 2.77.